The van der Waals surface area contributed by atoms with Gasteiger partial charge in [-0.05, 0) is 60.5 Å². The number of aromatic nitrogens is 1. The fraction of sp³-hybridized carbons (Fsp3) is 0.476. The number of halogens is 2. The standard InChI is InChI=1S/C42H53F2N7O13/c43-31-24-29(25-32(44)28-31)6-9-47-41(53)42(54)8-12-50(64-42)33-4-5-34-30(26-33)27-36(48-34)40(52)46-11-15-56-17-19-58-21-23-59-22-20-57-18-16-55-14-10-45-35-2-1-3-37-39(35)63-51(62-37)38-7-13-60-49-61-38/h1-5,24-28,38,45,48-49,54H,6-23H2,(H,46,52)(H,47,53). The van der Waals surface area contributed by atoms with Crippen LogP contribution >= 0.6 is 0 Å². The smallest absolute Gasteiger partial charge is 0.282 e. The molecule has 2 fully saturated rings. The number of anilines is 2. The molecule has 3 aromatic carbocycles. The topological polar surface area (TPSA) is 217 Å². The van der Waals surface area contributed by atoms with Gasteiger partial charge in [0.2, 0.25) is 12.0 Å². The number of aromatic amines is 1. The summed E-state index contributed by atoms with van der Waals surface area (Å²) in [7, 11) is 0. The van der Waals surface area contributed by atoms with Crippen molar-refractivity contribution in [3.8, 4) is 11.5 Å². The molecule has 4 aromatic rings. The lowest BCUT2D eigenvalue weighted by atomic mass is 10.1. The van der Waals surface area contributed by atoms with Gasteiger partial charge in [-0.1, -0.05) is 11.7 Å². The number of fused-ring (bicyclic) bond motifs is 2. The van der Waals surface area contributed by atoms with Crippen LogP contribution < -0.4 is 36.3 Å². The van der Waals surface area contributed by atoms with Gasteiger partial charge < -0.3 is 59.4 Å². The Hall–Kier alpha value is -5.24. The molecule has 2 amide bonds. The molecule has 20 nitrogen and oxygen atoms in total. The van der Waals surface area contributed by atoms with Crippen LogP contribution in [0.15, 0.2) is 60.7 Å². The van der Waals surface area contributed by atoms with Crippen molar-refractivity contribution in [3.63, 3.8) is 0 Å². The largest absolute Gasteiger partial charge is 0.380 e. The Kier molecular flexibility index (Phi) is 17.3. The molecule has 3 aliphatic heterocycles. The quantitative estimate of drug-likeness (QED) is 0.0500. The number of hydroxylamine groups is 3. The highest BCUT2D eigenvalue weighted by atomic mass is 19.1. The Morgan fingerprint density at radius 3 is 2.22 bits per heavy atom. The Labute approximate surface area is 367 Å². The summed E-state index contributed by atoms with van der Waals surface area (Å²) in [6.07, 6.45) is 0.278. The van der Waals surface area contributed by atoms with E-state index >= 15 is 0 Å². The predicted molar refractivity (Wildman–Crippen MR) is 222 cm³/mol. The number of hydrogen-bond acceptors (Lipinski definition) is 17. The first-order chi connectivity index (χ1) is 31.2. The Bertz CT molecular complexity index is 2110. The van der Waals surface area contributed by atoms with Crippen molar-refractivity contribution in [2.45, 2.75) is 31.3 Å². The van der Waals surface area contributed by atoms with E-state index in [2.05, 4.69) is 26.6 Å². The molecular weight excluding hydrogens is 848 g/mol. The minimum Gasteiger partial charge on any atom is -0.380 e. The summed E-state index contributed by atoms with van der Waals surface area (Å²) in [5.41, 5.74) is 5.15. The van der Waals surface area contributed by atoms with E-state index in [1.165, 1.54) is 22.4 Å². The van der Waals surface area contributed by atoms with Gasteiger partial charge in [0, 0.05) is 49.4 Å². The van der Waals surface area contributed by atoms with Gasteiger partial charge in [0.05, 0.1) is 95.8 Å². The van der Waals surface area contributed by atoms with Crippen molar-refractivity contribution >= 4 is 34.1 Å². The van der Waals surface area contributed by atoms with Crippen LogP contribution in [0.4, 0.5) is 20.2 Å². The van der Waals surface area contributed by atoms with E-state index in [0.29, 0.717) is 120 Å². The summed E-state index contributed by atoms with van der Waals surface area (Å²) in [5, 5.41) is 23.0. The summed E-state index contributed by atoms with van der Waals surface area (Å²) < 4.78 is 54.8. The van der Waals surface area contributed by atoms with Gasteiger partial charge in [0.25, 0.3) is 17.6 Å². The molecule has 0 radical (unpaired) electrons. The van der Waals surface area contributed by atoms with Gasteiger partial charge in [-0.2, -0.15) is 0 Å². The Morgan fingerprint density at radius 2 is 1.52 bits per heavy atom. The number of para-hydroxylation sites is 1. The lowest BCUT2D eigenvalue weighted by Gasteiger charge is -2.26. The molecule has 7 rings (SSSR count). The normalized spacial score (nSPS) is 18.5. The minimum absolute atomic E-state index is 0.0104. The summed E-state index contributed by atoms with van der Waals surface area (Å²) in [5.74, 6) is -3.46. The number of benzene rings is 3. The van der Waals surface area contributed by atoms with Crippen LogP contribution in [0.1, 0.15) is 28.9 Å². The zero-order chi connectivity index (χ0) is 44.6. The molecule has 3 aliphatic rings. The van der Waals surface area contributed by atoms with Crippen molar-refractivity contribution in [3.05, 3.63) is 83.6 Å². The van der Waals surface area contributed by atoms with Crippen molar-refractivity contribution in [1.82, 2.24) is 26.5 Å². The number of carbonyl (C=O) groups is 2. The first-order valence-electron chi connectivity index (χ1n) is 21.0. The van der Waals surface area contributed by atoms with Crippen LogP contribution in [0.5, 0.6) is 11.5 Å². The molecule has 348 valence electrons. The maximum absolute atomic E-state index is 13.5. The van der Waals surface area contributed by atoms with Gasteiger partial charge in [0.1, 0.15) is 17.3 Å². The van der Waals surface area contributed by atoms with Crippen molar-refractivity contribution < 1.29 is 71.3 Å². The van der Waals surface area contributed by atoms with E-state index in [9.17, 15) is 23.5 Å². The van der Waals surface area contributed by atoms with Crippen LogP contribution in [0, 0.1) is 11.6 Å². The second-order valence-electron chi connectivity index (χ2n) is 14.6. The van der Waals surface area contributed by atoms with Crippen LogP contribution in [0.25, 0.3) is 10.9 Å². The third kappa shape index (κ3) is 13.4. The van der Waals surface area contributed by atoms with Crippen molar-refractivity contribution in [2.75, 3.05) is 109 Å². The van der Waals surface area contributed by atoms with E-state index in [4.69, 9.17) is 47.9 Å². The van der Waals surface area contributed by atoms with Crippen molar-refractivity contribution in [1.29, 1.82) is 0 Å². The molecule has 64 heavy (non-hydrogen) atoms. The van der Waals surface area contributed by atoms with Crippen molar-refractivity contribution in [2.24, 2.45) is 0 Å². The van der Waals surface area contributed by atoms with Crippen LogP contribution in [-0.4, -0.2) is 138 Å². The predicted octanol–water partition coefficient (Wildman–Crippen LogP) is 2.65. The molecule has 2 unspecified atom stereocenters. The zero-order valence-corrected chi connectivity index (χ0v) is 35.1. The SMILES string of the molecule is O=C(NCCOCCOCCOCCOCCOCCNc1cccc2c1ON(C1CCONO1)O2)c1cc2cc(N3CCC(O)(C(=O)NCCc4cc(F)cc(F)c4)O3)ccc2[nH]1. The van der Waals surface area contributed by atoms with E-state index in [-0.39, 0.29) is 38.4 Å². The molecule has 0 bridgehead atoms. The highest BCUT2D eigenvalue weighted by Gasteiger charge is 2.45. The van der Waals surface area contributed by atoms with Crippen LogP contribution in [0.2, 0.25) is 0 Å². The third-order valence-electron chi connectivity index (χ3n) is 9.90. The second-order valence-corrected chi connectivity index (χ2v) is 14.6. The van der Waals surface area contributed by atoms with Crippen LogP contribution in [-0.2, 0) is 49.4 Å². The molecule has 6 N–H and O–H groups in total. The summed E-state index contributed by atoms with van der Waals surface area (Å²) in [4.78, 5) is 56.1. The maximum Gasteiger partial charge on any atom is 0.282 e. The van der Waals surface area contributed by atoms with Gasteiger partial charge in [-0.15, -0.1) is 0 Å². The summed E-state index contributed by atoms with van der Waals surface area (Å²) in [6, 6.07) is 15.7. The summed E-state index contributed by atoms with van der Waals surface area (Å²) >= 11 is 0. The lowest BCUT2D eigenvalue weighted by Crippen LogP contribution is -2.48. The molecule has 22 heteroatoms. The second kappa shape index (κ2) is 23.6. The third-order valence-corrected chi connectivity index (χ3v) is 9.90. The summed E-state index contributed by atoms with van der Waals surface area (Å²) in [6.45, 7) is 5.63. The van der Waals surface area contributed by atoms with E-state index in [0.717, 1.165) is 17.1 Å². The number of aliphatic hydroxyl groups is 1. The monoisotopic (exact) mass is 901 g/mol. The fourth-order valence-electron chi connectivity index (χ4n) is 6.69. The number of nitrogens with one attached hydrogen (secondary N) is 5. The van der Waals surface area contributed by atoms with Crippen LogP contribution in [0.3, 0.4) is 0 Å². The molecule has 0 aliphatic carbocycles. The molecule has 2 saturated heterocycles. The highest BCUT2D eigenvalue weighted by Crippen LogP contribution is 2.41. The Morgan fingerprint density at radius 1 is 0.812 bits per heavy atom. The number of ether oxygens (including phenoxy) is 5. The first kappa shape index (κ1) is 46.7. The number of hydrogen-bond donors (Lipinski definition) is 6. The average molecular weight is 902 g/mol. The Balaban J connectivity index is 0.662. The average Bonchev–Trinajstić information content (AvgIpc) is 4.05. The molecule has 1 aromatic heterocycles. The molecule has 0 saturated carbocycles. The van der Waals surface area contributed by atoms with Gasteiger partial charge in [0.15, 0.2) is 5.75 Å². The molecular formula is C42H53F2N7O13. The van der Waals surface area contributed by atoms with E-state index < -0.39 is 29.6 Å². The number of H-pyrrole nitrogens is 1. The van der Waals surface area contributed by atoms with Gasteiger partial charge in [-0.3, -0.25) is 24.3 Å². The number of nitrogens with zero attached hydrogens (tertiary/aromatic N) is 2. The minimum atomic E-state index is -2.12. The van der Waals surface area contributed by atoms with E-state index in [1.54, 1.807) is 24.3 Å². The number of carbonyl (C=O) groups excluding carboxylic acids is 2. The van der Waals surface area contributed by atoms with E-state index in [1.807, 2.05) is 18.2 Å². The first-order valence-corrected chi connectivity index (χ1v) is 21.0. The van der Waals surface area contributed by atoms with Gasteiger partial charge in [-0.25, -0.2) is 13.6 Å². The lowest BCUT2D eigenvalue weighted by molar-refractivity contribution is -0.376. The highest BCUT2D eigenvalue weighted by molar-refractivity contribution is 5.98. The molecule has 0 spiro atoms. The van der Waals surface area contributed by atoms with Gasteiger partial charge >= 0.3 is 0 Å². The fourth-order valence-corrected chi connectivity index (χ4v) is 6.69. The maximum atomic E-state index is 13.5. The number of rotatable bonds is 26. The zero-order valence-electron chi connectivity index (χ0n) is 35.1. The molecule has 2 atom stereocenters. The molecule has 4 heterocycles. The number of amides is 2.